The van der Waals surface area contributed by atoms with Crippen LogP contribution < -0.4 is 5.32 Å². The second kappa shape index (κ2) is 5.29. The molecule has 17 heavy (non-hydrogen) atoms. The van der Waals surface area contributed by atoms with Crippen LogP contribution in [0.25, 0.3) is 0 Å². The summed E-state index contributed by atoms with van der Waals surface area (Å²) in [6.07, 6.45) is 0.399. The first-order valence-corrected chi connectivity index (χ1v) is 7.19. The summed E-state index contributed by atoms with van der Waals surface area (Å²) < 4.78 is 16.2. The fraction of sp³-hybridized carbons (Fsp3) is 0.455. The lowest BCUT2D eigenvalue weighted by atomic mass is 10.1. The van der Waals surface area contributed by atoms with Crippen molar-refractivity contribution < 1.29 is 19.1 Å². The highest BCUT2D eigenvalue weighted by Crippen LogP contribution is 2.44. The normalized spacial score (nSPS) is 21.2. The van der Waals surface area contributed by atoms with E-state index in [-0.39, 0.29) is 6.10 Å². The number of epoxide rings is 1. The van der Waals surface area contributed by atoms with Gasteiger partial charge in [-0.2, -0.15) is 0 Å². The third kappa shape index (κ3) is 3.91. The molecule has 1 aliphatic heterocycles. The molecule has 1 heterocycles. The van der Waals surface area contributed by atoms with E-state index in [1.807, 2.05) is 30.3 Å². The van der Waals surface area contributed by atoms with Gasteiger partial charge in [-0.1, -0.05) is 30.3 Å². The molecule has 6 heteroatoms. The highest BCUT2D eigenvalue weighted by atomic mass is 31.2. The Kier molecular flexibility index (Phi) is 3.97. The monoisotopic (exact) mass is 257 g/mol. The van der Waals surface area contributed by atoms with E-state index in [1.54, 1.807) is 0 Å². The third-order valence-corrected chi connectivity index (χ3v) is 3.92. The predicted octanol–water partition coefficient (Wildman–Crippen LogP) is 0.721. The molecule has 5 nitrogen and oxygen atoms in total. The van der Waals surface area contributed by atoms with Crippen molar-refractivity contribution in [3.63, 3.8) is 0 Å². The lowest BCUT2D eigenvalue weighted by Gasteiger charge is -2.17. The zero-order valence-electron chi connectivity index (χ0n) is 9.32. The largest absolute Gasteiger partial charge is 0.371 e. The average molecular weight is 257 g/mol. The first-order chi connectivity index (χ1) is 8.07. The van der Waals surface area contributed by atoms with Crippen LogP contribution in [-0.4, -0.2) is 34.8 Å². The van der Waals surface area contributed by atoms with Gasteiger partial charge in [-0.05, 0) is 12.0 Å². The van der Waals surface area contributed by atoms with E-state index in [9.17, 15) is 4.57 Å². The van der Waals surface area contributed by atoms with Gasteiger partial charge < -0.3 is 19.8 Å². The summed E-state index contributed by atoms with van der Waals surface area (Å²) in [5.41, 5.74) is 1.14. The van der Waals surface area contributed by atoms with E-state index >= 15 is 0 Å². The molecule has 0 radical (unpaired) electrons. The zero-order valence-corrected chi connectivity index (χ0v) is 10.2. The highest BCUT2D eigenvalue weighted by Gasteiger charge is 2.43. The van der Waals surface area contributed by atoms with Crippen LogP contribution in [0.2, 0.25) is 0 Å². The van der Waals surface area contributed by atoms with Crippen molar-refractivity contribution in [2.24, 2.45) is 0 Å². The topological polar surface area (TPSA) is 82.1 Å². The molecule has 1 fully saturated rings. The summed E-state index contributed by atoms with van der Waals surface area (Å²) in [6.45, 7) is 0.952. The van der Waals surface area contributed by atoms with Gasteiger partial charge >= 0.3 is 7.60 Å². The Morgan fingerprint density at radius 1 is 1.41 bits per heavy atom. The van der Waals surface area contributed by atoms with Crippen LogP contribution in [0.4, 0.5) is 0 Å². The van der Waals surface area contributed by atoms with Gasteiger partial charge in [0.2, 0.25) is 0 Å². The Morgan fingerprint density at radius 3 is 2.59 bits per heavy atom. The summed E-state index contributed by atoms with van der Waals surface area (Å²) in [5.74, 6) is -0.869. The molecule has 3 N–H and O–H groups in total. The van der Waals surface area contributed by atoms with Crippen molar-refractivity contribution in [2.75, 3.05) is 13.2 Å². The fourth-order valence-corrected chi connectivity index (χ4v) is 2.69. The lowest BCUT2D eigenvalue weighted by Crippen LogP contribution is -2.35. The predicted molar refractivity (Wildman–Crippen MR) is 63.7 cm³/mol. The highest BCUT2D eigenvalue weighted by molar-refractivity contribution is 7.52. The summed E-state index contributed by atoms with van der Waals surface area (Å²) in [5, 5.41) is 2.88. The van der Waals surface area contributed by atoms with Crippen molar-refractivity contribution in [3.8, 4) is 0 Å². The van der Waals surface area contributed by atoms with E-state index in [4.69, 9.17) is 14.5 Å². The fourth-order valence-electron chi connectivity index (χ4n) is 1.71. The van der Waals surface area contributed by atoms with Crippen molar-refractivity contribution in [1.82, 2.24) is 5.32 Å². The number of nitrogens with one attached hydrogen (secondary N) is 1. The van der Waals surface area contributed by atoms with E-state index < -0.39 is 13.4 Å². The van der Waals surface area contributed by atoms with Crippen LogP contribution in [0, 0.1) is 0 Å². The van der Waals surface area contributed by atoms with Gasteiger partial charge in [0.15, 0.2) is 0 Å². The van der Waals surface area contributed by atoms with E-state index in [0.717, 1.165) is 12.0 Å². The van der Waals surface area contributed by atoms with E-state index in [1.165, 1.54) is 0 Å². The maximum atomic E-state index is 11.2. The third-order valence-electron chi connectivity index (χ3n) is 2.68. The maximum absolute atomic E-state index is 11.2. The molecule has 0 bridgehead atoms. The van der Waals surface area contributed by atoms with Gasteiger partial charge in [-0.3, -0.25) is 4.57 Å². The molecule has 2 rings (SSSR count). The minimum Gasteiger partial charge on any atom is -0.371 e. The second-order valence-electron chi connectivity index (χ2n) is 4.10. The summed E-state index contributed by atoms with van der Waals surface area (Å²) in [6, 6.07) is 9.80. The van der Waals surface area contributed by atoms with Gasteiger partial charge in [0.05, 0.1) is 6.61 Å². The molecule has 94 valence electrons. The molecule has 0 amide bonds. The summed E-state index contributed by atoms with van der Waals surface area (Å²) >= 11 is 0. The molecule has 2 unspecified atom stereocenters. The van der Waals surface area contributed by atoms with Gasteiger partial charge in [0.25, 0.3) is 0 Å². The van der Waals surface area contributed by atoms with Gasteiger partial charge in [0.1, 0.15) is 11.9 Å². The first-order valence-electron chi connectivity index (χ1n) is 5.51. The zero-order chi connectivity index (χ0) is 12.3. The van der Waals surface area contributed by atoms with Crippen LogP contribution in [-0.2, 0) is 15.7 Å². The summed E-state index contributed by atoms with van der Waals surface area (Å²) in [7, 11) is -4.13. The maximum Gasteiger partial charge on any atom is 0.345 e. The van der Waals surface area contributed by atoms with E-state index in [0.29, 0.717) is 13.2 Å². The number of benzene rings is 1. The molecule has 1 aliphatic rings. The number of hydrogen-bond donors (Lipinski definition) is 3. The van der Waals surface area contributed by atoms with E-state index in [2.05, 4.69) is 5.32 Å². The van der Waals surface area contributed by atoms with Crippen molar-refractivity contribution >= 4 is 7.60 Å². The van der Waals surface area contributed by atoms with Crippen LogP contribution >= 0.6 is 7.60 Å². The number of hydrogen-bond acceptors (Lipinski definition) is 3. The smallest absolute Gasteiger partial charge is 0.345 e. The first kappa shape index (κ1) is 12.7. The quantitative estimate of drug-likeness (QED) is 0.517. The molecule has 1 aromatic rings. The lowest BCUT2D eigenvalue weighted by molar-refractivity contribution is 0.312. The van der Waals surface area contributed by atoms with Crippen LogP contribution in [0.1, 0.15) is 5.56 Å². The standard InChI is InChI=1S/C11H16NO4P/c13-17(14,15)11(10-8-16-10)12-7-6-9-4-2-1-3-5-9/h1-5,10-12H,6-8H2,(H2,13,14,15). The van der Waals surface area contributed by atoms with Gasteiger partial charge in [-0.25, -0.2) is 0 Å². The molecule has 0 spiro atoms. The molecule has 1 saturated heterocycles. The molecule has 1 aromatic carbocycles. The SMILES string of the molecule is O=P(O)(O)C(NCCc1ccccc1)C1CO1. The van der Waals surface area contributed by atoms with Gasteiger partial charge in [0, 0.05) is 6.54 Å². The second-order valence-corrected chi connectivity index (χ2v) is 5.83. The Balaban J connectivity index is 1.82. The minimum absolute atomic E-state index is 0.341. The van der Waals surface area contributed by atoms with Crippen molar-refractivity contribution in [2.45, 2.75) is 18.3 Å². The summed E-state index contributed by atoms with van der Waals surface area (Å²) in [4.78, 5) is 18.3. The Bertz CT molecular complexity index is 401. The number of ether oxygens (including phenoxy) is 1. The Morgan fingerprint density at radius 2 is 2.06 bits per heavy atom. The molecular formula is C11H16NO4P. The van der Waals surface area contributed by atoms with Gasteiger partial charge in [-0.15, -0.1) is 0 Å². The van der Waals surface area contributed by atoms with Crippen LogP contribution in [0.15, 0.2) is 30.3 Å². The van der Waals surface area contributed by atoms with Crippen molar-refractivity contribution in [3.05, 3.63) is 35.9 Å². The Hall–Kier alpha value is -0.710. The molecular weight excluding hydrogens is 241 g/mol. The van der Waals surface area contributed by atoms with Crippen LogP contribution in [0.5, 0.6) is 0 Å². The Labute approximate surface area is 100.0 Å². The van der Waals surface area contributed by atoms with Crippen LogP contribution in [0.3, 0.4) is 0 Å². The molecule has 0 aromatic heterocycles. The molecule has 0 aliphatic carbocycles. The molecule has 0 saturated carbocycles. The minimum atomic E-state index is -4.13. The average Bonchev–Trinajstić information content (AvgIpc) is 3.08. The molecule has 2 atom stereocenters. The number of rotatable bonds is 6. The van der Waals surface area contributed by atoms with Crippen molar-refractivity contribution in [1.29, 1.82) is 0 Å².